The van der Waals surface area contributed by atoms with E-state index in [0.717, 1.165) is 55.6 Å². The Hall–Kier alpha value is -6.70. The van der Waals surface area contributed by atoms with E-state index in [1.165, 1.54) is 7.11 Å². The predicted octanol–water partition coefficient (Wildman–Crippen LogP) is 7.62. The van der Waals surface area contributed by atoms with Crippen LogP contribution in [0.25, 0.3) is 44.4 Å². The Morgan fingerprint density at radius 1 is 0.695 bits per heavy atom. The van der Waals surface area contributed by atoms with Gasteiger partial charge in [-0.05, 0) is 64.3 Å². The summed E-state index contributed by atoms with van der Waals surface area (Å²) in [6.07, 6.45) is 2.76. The fraction of sp³-hybridized carbons (Fsp3) is 0.333. The third-order valence-corrected chi connectivity index (χ3v) is 11.2. The van der Waals surface area contributed by atoms with E-state index < -0.39 is 24.3 Å². The van der Waals surface area contributed by atoms with Gasteiger partial charge in [0.15, 0.2) is 0 Å². The molecule has 0 bridgehead atoms. The molecule has 2 aromatic heterocycles. The molecule has 0 spiro atoms. The van der Waals surface area contributed by atoms with Crippen LogP contribution in [0.5, 0.6) is 0 Å². The third kappa shape index (κ3) is 8.47. The molecule has 3 aromatic carbocycles. The maximum Gasteiger partial charge on any atom is 0.407 e. The van der Waals surface area contributed by atoms with E-state index in [2.05, 4.69) is 86.2 Å². The highest BCUT2D eigenvalue weighted by Crippen LogP contribution is 2.37. The molecule has 2 aliphatic rings. The van der Waals surface area contributed by atoms with Crippen molar-refractivity contribution in [1.29, 1.82) is 0 Å². The fourth-order valence-corrected chi connectivity index (χ4v) is 7.99. The number of hydrogen-bond donors (Lipinski definition) is 5. The molecular formula is C45H50N8O6. The van der Waals surface area contributed by atoms with Crippen molar-refractivity contribution >= 4 is 34.8 Å². The van der Waals surface area contributed by atoms with Gasteiger partial charge in [-0.2, -0.15) is 0 Å². The SMILES string of the molecule is C=C1C[C@@H](c2ncc(-c3ccc4cc(-c5ccc(-c6cnc([C@@H]7CC(=C)CN7C(=O)[C@@H](NC(=O)OC)C(C)C)[nH]6)cc5)ccc4c3)[nH]2)N(C(=O)[C@@H](NC(=O)O)C(C)C)C1. The first-order chi connectivity index (χ1) is 28.2. The monoisotopic (exact) mass is 798 g/mol. The van der Waals surface area contributed by atoms with E-state index in [9.17, 15) is 24.3 Å². The molecule has 5 N–H and O–H groups in total. The van der Waals surface area contributed by atoms with Gasteiger partial charge in [0.1, 0.15) is 23.7 Å². The largest absolute Gasteiger partial charge is 0.465 e. The number of nitrogens with one attached hydrogen (secondary N) is 4. The number of alkyl carbamates (subject to hydrolysis) is 1. The number of imidazole rings is 2. The lowest BCUT2D eigenvalue weighted by Gasteiger charge is -2.29. The summed E-state index contributed by atoms with van der Waals surface area (Å²) < 4.78 is 4.76. The molecule has 4 amide bonds. The summed E-state index contributed by atoms with van der Waals surface area (Å²) in [6.45, 7) is 16.4. The number of nitrogens with zero attached hydrogens (tertiary/aromatic N) is 4. The van der Waals surface area contributed by atoms with Crippen LogP contribution in [0.3, 0.4) is 0 Å². The molecule has 0 saturated carbocycles. The van der Waals surface area contributed by atoms with Crippen LogP contribution >= 0.6 is 0 Å². The van der Waals surface area contributed by atoms with E-state index in [1.54, 1.807) is 22.2 Å². The number of H-pyrrole nitrogens is 2. The molecule has 2 fully saturated rings. The van der Waals surface area contributed by atoms with Crippen molar-refractivity contribution in [2.45, 2.75) is 64.7 Å². The minimum absolute atomic E-state index is 0.148. The topological polar surface area (TPSA) is 186 Å². The molecule has 0 radical (unpaired) electrons. The number of amides is 4. The van der Waals surface area contributed by atoms with Crippen molar-refractivity contribution in [3.63, 3.8) is 0 Å². The van der Waals surface area contributed by atoms with Gasteiger partial charge in [-0.25, -0.2) is 19.6 Å². The van der Waals surface area contributed by atoms with Crippen molar-refractivity contribution in [2.75, 3.05) is 20.2 Å². The zero-order valence-electron chi connectivity index (χ0n) is 33.9. The van der Waals surface area contributed by atoms with E-state index in [0.29, 0.717) is 37.6 Å². The van der Waals surface area contributed by atoms with Gasteiger partial charge in [0.25, 0.3) is 0 Å². The summed E-state index contributed by atoms with van der Waals surface area (Å²) in [5, 5.41) is 16.5. The number of carbonyl (C=O) groups is 4. The number of aromatic amines is 2. The van der Waals surface area contributed by atoms with E-state index in [4.69, 9.17) is 4.74 Å². The van der Waals surface area contributed by atoms with Gasteiger partial charge in [-0.1, -0.05) is 101 Å². The Labute approximate surface area is 342 Å². The molecule has 5 aromatic rings. The van der Waals surface area contributed by atoms with Crippen LogP contribution in [-0.4, -0.2) is 91.1 Å². The lowest BCUT2D eigenvalue weighted by atomic mass is 9.98. The Balaban J connectivity index is 1.05. The zero-order valence-corrected chi connectivity index (χ0v) is 33.9. The predicted molar refractivity (Wildman–Crippen MR) is 225 cm³/mol. The minimum Gasteiger partial charge on any atom is -0.465 e. The number of hydrogen-bond acceptors (Lipinski definition) is 7. The highest BCUT2D eigenvalue weighted by Gasteiger charge is 2.40. The molecule has 306 valence electrons. The highest BCUT2D eigenvalue weighted by atomic mass is 16.5. The highest BCUT2D eigenvalue weighted by molar-refractivity contribution is 5.91. The van der Waals surface area contributed by atoms with E-state index in [1.807, 2.05) is 45.9 Å². The number of ether oxygens (including phenoxy) is 1. The Kier molecular flexibility index (Phi) is 11.4. The first-order valence-corrected chi connectivity index (χ1v) is 19.7. The second kappa shape index (κ2) is 16.6. The van der Waals surface area contributed by atoms with Gasteiger partial charge in [0, 0.05) is 18.7 Å². The standard InChI is InChI=1S/C45H50N8O6/c1-24(2)38(50-44(56)57)42(54)52-22-26(5)17-37(52)41-47-21-35(49-41)33-15-14-31-18-30(12-13-32(31)19-33)28-8-10-29(11-9-28)34-20-46-40(48-34)36-16-27(6)23-53(36)43(55)39(25(3)4)51-45(58)59-7/h8-15,18-21,24-25,36-39,50H,5-6,16-17,22-23H2,1-4,7H3,(H,46,48)(H,47,49)(H,51,58)(H,56,57)/t36-,37-,38-,39-/m0/s1. The third-order valence-electron chi connectivity index (χ3n) is 11.2. The van der Waals surface area contributed by atoms with Crippen molar-refractivity contribution < 1.29 is 29.0 Å². The summed E-state index contributed by atoms with van der Waals surface area (Å²) in [6, 6.07) is 18.5. The number of aromatic nitrogens is 4. The van der Waals surface area contributed by atoms with Crippen LogP contribution in [0.4, 0.5) is 9.59 Å². The Morgan fingerprint density at radius 3 is 1.63 bits per heavy atom. The maximum atomic E-state index is 13.7. The van der Waals surface area contributed by atoms with Gasteiger partial charge >= 0.3 is 12.2 Å². The number of carboxylic acid groups (broad SMARTS) is 1. The Bertz CT molecular complexity index is 2430. The van der Waals surface area contributed by atoms with Crippen LogP contribution in [0, 0.1) is 11.8 Å². The lowest BCUT2D eigenvalue weighted by Crippen LogP contribution is -2.51. The van der Waals surface area contributed by atoms with Crippen molar-refractivity contribution in [3.8, 4) is 33.6 Å². The summed E-state index contributed by atoms with van der Waals surface area (Å²) in [5.41, 5.74) is 7.44. The van der Waals surface area contributed by atoms with Gasteiger partial charge in [-0.15, -0.1) is 0 Å². The number of likely N-dealkylation sites (tertiary alicyclic amines) is 2. The fourth-order valence-electron chi connectivity index (χ4n) is 7.99. The van der Waals surface area contributed by atoms with Crippen LogP contribution in [0.15, 0.2) is 97.4 Å². The van der Waals surface area contributed by atoms with Crippen LogP contribution < -0.4 is 10.6 Å². The molecule has 14 heteroatoms. The van der Waals surface area contributed by atoms with Gasteiger partial charge in [0.05, 0.1) is 43.0 Å². The van der Waals surface area contributed by atoms with Gasteiger partial charge in [0.2, 0.25) is 11.8 Å². The second-order valence-corrected chi connectivity index (χ2v) is 16.1. The van der Waals surface area contributed by atoms with Crippen molar-refractivity contribution in [2.24, 2.45) is 11.8 Å². The number of methoxy groups -OCH3 is 1. The molecule has 2 aliphatic heterocycles. The average Bonchev–Trinajstić information content (AvgIpc) is 4.04. The van der Waals surface area contributed by atoms with E-state index in [-0.39, 0.29) is 35.7 Å². The van der Waals surface area contributed by atoms with Crippen LogP contribution in [0.2, 0.25) is 0 Å². The quantitative estimate of drug-likeness (QED) is 0.0845. The number of fused-ring (bicyclic) bond motifs is 1. The molecule has 0 aliphatic carbocycles. The van der Waals surface area contributed by atoms with Crippen LogP contribution in [0.1, 0.15) is 64.3 Å². The first kappa shape index (κ1) is 40.5. The number of benzene rings is 3. The maximum absolute atomic E-state index is 13.7. The summed E-state index contributed by atoms with van der Waals surface area (Å²) in [4.78, 5) is 70.2. The summed E-state index contributed by atoms with van der Waals surface area (Å²) in [5.74, 6) is 0.404. The number of rotatable bonds is 11. The Morgan fingerprint density at radius 2 is 1.14 bits per heavy atom. The summed E-state index contributed by atoms with van der Waals surface area (Å²) in [7, 11) is 1.28. The van der Waals surface area contributed by atoms with Gasteiger partial charge < -0.3 is 40.2 Å². The molecule has 0 unspecified atom stereocenters. The first-order valence-electron chi connectivity index (χ1n) is 19.7. The molecule has 59 heavy (non-hydrogen) atoms. The summed E-state index contributed by atoms with van der Waals surface area (Å²) >= 11 is 0. The average molecular weight is 799 g/mol. The number of carbonyl (C=O) groups excluding carboxylic acids is 3. The van der Waals surface area contributed by atoms with Crippen molar-refractivity contribution in [3.05, 3.63) is 109 Å². The molecular weight excluding hydrogens is 749 g/mol. The minimum atomic E-state index is -1.24. The van der Waals surface area contributed by atoms with Gasteiger partial charge in [-0.3, -0.25) is 9.59 Å². The smallest absolute Gasteiger partial charge is 0.407 e. The van der Waals surface area contributed by atoms with Crippen LogP contribution in [-0.2, 0) is 14.3 Å². The molecule has 2 saturated heterocycles. The zero-order chi connectivity index (χ0) is 42.1. The molecule has 4 atom stereocenters. The lowest BCUT2D eigenvalue weighted by molar-refractivity contribution is -0.136. The van der Waals surface area contributed by atoms with Crippen molar-refractivity contribution in [1.82, 2.24) is 40.4 Å². The molecule has 14 nitrogen and oxygen atoms in total. The molecule has 4 heterocycles. The molecule has 7 rings (SSSR count). The second-order valence-electron chi connectivity index (χ2n) is 16.1. The van der Waals surface area contributed by atoms with E-state index >= 15 is 0 Å². The normalized spacial score (nSPS) is 17.8.